The van der Waals surface area contributed by atoms with E-state index in [1.807, 2.05) is 0 Å². The molecule has 0 saturated heterocycles. The molecule has 0 aliphatic carbocycles. The molecule has 1 rings (SSSR count). The van der Waals surface area contributed by atoms with Crippen LogP contribution in [0.25, 0.3) is 0 Å². The highest BCUT2D eigenvalue weighted by Crippen LogP contribution is 2.18. The minimum atomic E-state index is 0.506. The van der Waals surface area contributed by atoms with Crippen LogP contribution < -0.4 is 0 Å². The zero-order valence-corrected chi connectivity index (χ0v) is 11.0. The Morgan fingerprint density at radius 1 is 1.06 bits per heavy atom. The lowest BCUT2D eigenvalue weighted by molar-refractivity contribution is 0.199. The topological polar surface area (TPSA) is 6.48 Å². The molecule has 0 amide bonds. The summed E-state index contributed by atoms with van der Waals surface area (Å²) in [5, 5.41) is 0. The molecule has 0 N–H and O–H groups in total. The highest BCUT2D eigenvalue weighted by molar-refractivity contribution is 5.18. The molecule has 1 atom stereocenters. The summed E-state index contributed by atoms with van der Waals surface area (Å²) in [6.07, 6.45) is 0. The van der Waals surface area contributed by atoms with E-state index >= 15 is 0 Å². The fourth-order valence-electron chi connectivity index (χ4n) is 1.90. The van der Waals surface area contributed by atoms with Gasteiger partial charge in [-0.15, -0.1) is 0 Å². The van der Waals surface area contributed by atoms with E-state index in [0.717, 1.165) is 19.6 Å². The fraction of sp³-hybridized carbons (Fsp3) is 0.571. The van der Waals surface area contributed by atoms with Gasteiger partial charge in [0.15, 0.2) is 0 Å². The van der Waals surface area contributed by atoms with E-state index in [-0.39, 0.29) is 0 Å². The van der Waals surface area contributed by atoms with Gasteiger partial charge in [-0.05, 0) is 33.1 Å². The maximum atomic E-state index is 2.51. The van der Waals surface area contributed by atoms with Crippen LogP contribution in [0.5, 0.6) is 0 Å². The molecule has 16 heavy (non-hydrogen) atoms. The van der Waals surface area contributed by atoms with E-state index < -0.39 is 0 Å². The molecular weight excluding hydrogens is 196 g/mol. The second-order valence-electron chi connectivity index (χ2n) is 4.52. The lowest BCUT2D eigenvalue weighted by atomic mass is 10.1. The summed E-state index contributed by atoms with van der Waals surface area (Å²) < 4.78 is 0. The van der Waals surface area contributed by atoms with Crippen LogP contribution in [0.4, 0.5) is 0 Å². The van der Waals surface area contributed by atoms with E-state index in [2.05, 4.69) is 68.1 Å². The first-order valence-corrected chi connectivity index (χ1v) is 6.09. The highest BCUT2D eigenvalue weighted by atomic mass is 15.2. The summed E-state index contributed by atoms with van der Waals surface area (Å²) in [6, 6.07) is 11.2. The van der Waals surface area contributed by atoms with Crippen molar-refractivity contribution in [3.05, 3.63) is 35.9 Å². The number of rotatable bonds is 6. The van der Waals surface area contributed by atoms with E-state index in [4.69, 9.17) is 0 Å². The second-order valence-corrected chi connectivity index (χ2v) is 4.52. The van der Waals surface area contributed by atoms with Crippen LogP contribution in [-0.4, -0.2) is 43.5 Å². The zero-order valence-electron chi connectivity index (χ0n) is 11.0. The summed E-state index contributed by atoms with van der Waals surface area (Å²) in [5.74, 6) is 0. The predicted octanol–water partition coefficient (Wildman–Crippen LogP) is 2.63. The van der Waals surface area contributed by atoms with E-state index in [9.17, 15) is 0 Å². The van der Waals surface area contributed by atoms with E-state index in [0.29, 0.717) is 6.04 Å². The molecule has 1 aromatic carbocycles. The highest BCUT2D eigenvalue weighted by Gasteiger charge is 2.13. The summed E-state index contributed by atoms with van der Waals surface area (Å²) in [4.78, 5) is 4.75. The minimum absolute atomic E-state index is 0.506. The van der Waals surface area contributed by atoms with Crippen molar-refractivity contribution in [3.8, 4) is 0 Å². The molecule has 90 valence electrons. The van der Waals surface area contributed by atoms with Gasteiger partial charge < -0.3 is 4.90 Å². The Balaban J connectivity index is 2.59. The van der Waals surface area contributed by atoms with Crippen LogP contribution in [0.1, 0.15) is 25.5 Å². The Labute approximate surface area is 99.9 Å². The number of benzene rings is 1. The Morgan fingerprint density at radius 3 is 2.19 bits per heavy atom. The molecule has 0 heterocycles. The lowest BCUT2D eigenvalue weighted by Crippen LogP contribution is -2.33. The fourth-order valence-corrected chi connectivity index (χ4v) is 1.90. The van der Waals surface area contributed by atoms with Crippen molar-refractivity contribution in [2.75, 3.05) is 33.7 Å². The predicted molar refractivity (Wildman–Crippen MR) is 70.7 cm³/mol. The molecule has 0 spiro atoms. The van der Waals surface area contributed by atoms with Crippen LogP contribution >= 0.6 is 0 Å². The monoisotopic (exact) mass is 220 g/mol. The van der Waals surface area contributed by atoms with Gasteiger partial charge in [-0.2, -0.15) is 0 Å². The summed E-state index contributed by atoms with van der Waals surface area (Å²) in [6.45, 7) is 7.86. The Morgan fingerprint density at radius 2 is 1.69 bits per heavy atom. The molecule has 0 bridgehead atoms. The van der Waals surface area contributed by atoms with E-state index in [1.54, 1.807) is 0 Å². The maximum Gasteiger partial charge on any atom is 0.0320 e. The molecule has 0 aliphatic rings. The standard InChI is InChI=1S/C14H24N2/c1-5-16(12-11-15(3)4)13(2)14-9-7-6-8-10-14/h6-10,13H,5,11-12H2,1-4H3. The molecule has 0 saturated carbocycles. The molecule has 0 radical (unpaired) electrons. The smallest absolute Gasteiger partial charge is 0.0320 e. The van der Waals surface area contributed by atoms with Crippen molar-refractivity contribution in [1.82, 2.24) is 9.80 Å². The maximum absolute atomic E-state index is 2.51. The lowest BCUT2D eigenvalue weighted by Gasteiger charge is -2.29. The Kier molecular flexibility index (Phi) is 5.50. The Bertz CT molecular complexity index is 282. The third kappa shape index (κ3) is 3.95. The van der Waals surface area contributed by atoms with Crippen LogP contribution in [0.15, 0.2) is 30.3 Å². The van der Waals surface area contributed by atoms with Gasteiger partial charge in [-0.25, -0.2) is 0 Å². The average molecular weight is 220 g/mol. The molecule has 0 fully saturated rings. The molecule has 1 aromatic rings. The van der Waals surface area contributed by atoms with Gasteiger partial charge in [-0.1, -0.05) is 37.3 Å². The van der Waals surface area contributed by atoms with Gasteiger partial charge in [0.2, 0.25) is 0 Å². The van der Waals surface area contributed by atoms with Crippen LogP contribution in [0, 0.1) is 0 Å². The molecule has 0 aromatic heterocycles. The van der Waals surface area contributed by atoms with Crippen molar-refractivity contribution in [2.45, 2.75) is 19.9 Å². The largest absolute Gasteiger partial charge is 0.308 e. The Hall–Kier alpha value is -0.860. The molecule has 2 nitrogen and oxygen atoms in total. The molecule has 1 unspecified atom stereocenters. The number of likely N-dealkylation sites (N-methyl/N-ethyl adjacent to an activating group) is 2. The summed E-state index contributed by atoms with van der Waals surface area (Å²) in [5.41, 5.74) is 1.41. The van der Waals surface area contributed by atoms with Crippen molar-refractivity contribution in [1.29, 1.82) is 0 Å². The van der Waals surface area contributed by atoms with Crippen LogP contribution in [0.3, 0.4) is 0 Å². The van der Waals surface area contributed by atoms with Gasteiger partial charge >= 0.3 is 0 Å². The molecule has 0 aliphatic heterocycles. The third-order valence-electron chi connectivity index (χ3n) is 3.07. The average Bonchev–Trinajstić information content (AvgIpc) is 2.30. The zero-order chi connectivity index (χ0) is 12.0. The number of hydrogen-bond acceptors (Lipinski definition) is 2. The van der Waals surface area contributed by atoms with Crippen molar-refractivity contribution >= 4 is 0 Å². The first kappa shape index (κ1) is 13.2. The molecule has 2 heteroatoms. The van der Waals surface area contributed by atoms with Gasteiger partial charge in [0.25, 0.3) is 0 Å². The quantitative estimate of drug-likeness (QED) is 0.727. The summed E-state index contributed by atoms with van der Waals surface area (Å²) >= 11 is 0. The number of nitrogens with zero attached hydrogens (tertiary/aromatic N) is 2. The minimum Gasteiger partial charge on any atom is -0.308 e. The van der Waals surface area contributed by atoms with Crippen molar-refractivity contribution < 1.29 is 0 Å². The van der Waals surface area contributed by atoms with Crippen LogP contribution in [-0.2, 0) is 0 Å². The normalized spacial score (nSPS) is 13.4. The summed E-state index contributed by atoms with van der Waals surface area (Å²) in [7, 11) is 4.25. The SMILES string of the molecule is CCN(CCN(C)C)C(C)c1ccccc1. The first-order valence-electron chi connectivity index (χ1n) is 6.09. The third-order valence-corrected chi connectivity index (χ3v) is 3.07. The van der Waals surface area contributed by atoms with Gasteiger partial charge in [0.05, 0.1) is 0 Å². The van der Waals surface area contributed by atoms with Crippen molar-refractivity contribution in [3.63, 3.8) is 0 Å². The van der Waals surface area contributed by atoms with Gasteiger partial charge in [0.1, 0.15) is 0 Å². The van der Waals surface area contributed by atoms with Crippen molar-refractivity contribution in [2.24, 2.45) is 0 Å². The molecular formula is C14H24N2. The second kappa shape index (κ2) is 6.66. The first-order chi connectivity index (χ1) is 7.65. The van der Waals surface area contributed by atoms with Crippen LogP contribution in [0.2, 0.25) is 0 Å². The van der Waals surface area contributed by atoms with E-state index in [1.165, 1.54) is 5.56 Å². The number of hydrogen-bond donors (Lipinski definition) is 0. The van der Waals surface area contributed by atoms with Gasteiger partial charge in [-0.3, -0.25) is 4.90 Å². The van der Waals surface area contributed by atoms with Gasteiger partial charge in [0, 0.05) is 19.1 Å².